The number of fused-ring (bicyclic) bond motifs is 6. The Hall–Kier alpha value is -8.17. The first-order valence-electron chi connectivity index (χ1n) is 21.7. The standard InChI is InChI=1S/C60H39O4P/c61-65(46-31-25-40(26-32-46)52-37-43-13-1-7-19-55(43)62-58-22-10-4-16-49(52)58,47-33-27-41(28-34-47)53-38-44-14-2-8-20-56(44)63-59-23-11-5-17-50(53)59)48-35-29-42(30-36-48)54-39-45-15-3-9-21-57(45)64-60-24-12-6-18-51(54)60/h1-39H. The van der Waals surface area contributed by atoms with Crippen LogP contribution in [-0.4, -0.2) is 0 Å². The number of rotatable bonds is 6. The zero-order valence-electron chi connectivity index (χ0n) is 35.1. The van der Waals surface area contributed by atoms with Crippen molar-refractivity contribution in [2.24, 2.45) is 0 Å². The molecule has 0 aromatic heterocycles. The van der Waals surface area contributed by atoms with Crippen molar-refractivity contribution in [1.29, 1.82) is 0 Å². The van der Waals surface area contributed by atoms with Gasteiger partial charge in [0.1, 0.15) is 34.5 Å². The Balaban J connectivity index is 0.983. The highest BCUT2D eigenvalue weighted by Crippen LogP contribution is 2.47. The van der Waals surface area contributed by atoms with E-state index in [0.29, 0.717) is 0 Å². The van der Waals surface area contributed by atoms with Crippen molar-refractivity contribution in [2.45, 2.75) is 0 Å². The third kappa shape index (κ3) is 6.84. The molecule has 3 heterocycles. The van der Waals surface area contributed by atoms with Gasteiger partial charge in [-0.2, -0.15) is 0 Å². The molecule has 0 N–H and O–H groups in total. The van der Waals surface area contributed by atoms with Crippen molar-refractivity contribution >= 4 is 58.0 Å². The van der Waals surface area contributed by atoms with Crippen molar-refractivity contribution in [3.05, 3.63) is 268 Å². The van der Waals surface area contributed by atoms with E-state index in [1.807, 2.05) is 146 Å². The van der Waals surface area contributed by atoms with E-state index in [4.69, 9.17) is 14.2 Å². The molecule has 3 aliphatic rings. The molecule has 65 heavy (non-hydrogen) atoms. The van der Waals surface area contributed by atoms with Gasteiger partial charge in [0, 0.05) is 49.3 Å². The molecule has 5 heteroatoms. The summed E-state index contributed by atoms with van der Waals surface area (Å²) in [4.78, 5) is 0. The third-order valence-corrected chi connectivity index (χ3v) is 15.5. The summed E-state index contributed by atoms with van der Waals surface area (Å²) in [6, 6.07) is 73.4. The summed E-state index contributed by atoms with van der Waals surface area (Å²) in [6.07, 6.45) is 6.54. The van der Waals surface area contributed by atoms with Crippen LogP contribution in [0, 0.1) is 0 Å². The van der Waals surface area contributed by atoms with Crippen LogP contribution in [0.1, 0.15) is 50.1 Å². The molecule has 0 saturated carbocycles. The molecule has 4 nitrogen and oxygen atoms in total. The van der Waals surface area contributed by atoms with Crippen molar-refractivity contribution < 1.29 is 18.8 Å². The summed E-state index contributed by atoms with van der Waals surface area (Å²) >= 11 is 0. The Morgan fingerprint density at radius 3 is 0.800 bits per heavy atom. The van der Waals surface area contributed by atoms with Crippen LogP contribution in [-0.2, 0) is 4.57 Å². The van der Waals surface area contributed by atoms with Crippen LogP contribution in [0.3, 0.4) is 0 Å². The van der Waals surface area contributed by atoms with Gasteiger partial charge in [0.2, 0.25) is 0 Å². The summed E-state index contributed by atoms with van der Waals surface area (Å²) in [5.41, 5.74) is 12.1. The smallest absolute Gasteiger partial charge is 0.171 e. The van der Waals surface area contributed by atoms with Gasteiger partial charge in [-0.1, -0.05) is 182 Å². The molecule has 0 bridgehead atoms. The molecule has 0 atom stereocenters. The lowest BCUT2D eigenvalue weighted by atomic mass is 9.95. The van der Waals surface area contributed by atoms with Gasteiger partial charge < -0.3 is 18.8 Å². The number of hydrogen-bond acceptors (Lipinski definition) is 4. The molecule has 9 aromatic carbocycles. The molecular formula is C60H39O4P. The molecule has 0 unspecified atom stereocenters. The van der Waals surface area contributed by atoms with Gasteiger partial charge in [0.05, 0.1) is 0 Å². The second-order valence-electron chi connectivity index (χ2n) is 16.3. The number of hydrogen-bond donors (Lipinski definition) is 0. The van der Waals surface area contributed by atoms with E-state index in [1.165, 1.54) is 0 Å². The third-order valence-electron chi connectivity index (χ3n) is 12.5. The summed E-state index contributed by atoms with van der Waals surface area (Å²) < 4.78 is 35.7. The fraction of sp³-hybridized carbons (Fsp3) is 0. The maximum atomic E-state index is 16.4. The maximum Gasteiger partial charge on any atom is 0.171 e. The minimum atomic E-state index is -3.47. The molecule has 0 radical (unpaired) electrons. The predicted molar refractivity (Wildman–Crippen MR) is 266 cm³/mol. The number of para-hydroxylation sites is 6. The van der Waals surface area contributed by atoms with Gasteiger partial charge in [-0.3, -0.25) is 0 Å². The van der Waals surface area contributed by atoms with Crippen LogP contribution in [0.4, 0.5) is 0 Å². The molecule has 9 aromatic rings. The first-order chi connectivity index (χ1) is 32.1. The van der Waals surface area contributed by atoms with Crippen molar-refractivity contribution in [2.75, 3.05) is 0 Å². The highest BCUT2D eigenvalue weighted by molar-refractivity contribution is 7.85. The molecule has 3 aliphatic heterocycles. The van der Waals surface area contributed by atoms with E-state index < -0.39 is 7.14 Å². The lowest BCUT2D eigenvalue weighted by Crippen LogP contribution is -2.25. The molecule has 0 amide bonds. The van der Waals surface area contributed by atoms with Crippen LogP contribution in [0.15, 0.2) is 218 Å². The van der Waals surface area contributed by atoms with Gasteiger partial charge >= 0.3 is 0 Å². The molecule has 0 fully saturated rings. The van der Waals surface area contributed by atoms with Crippen LogP contribution < -0.4 is 30.1 Å². The van der Waals surface area contributed by atoms with Gasteiger partial charge in [-0.05, 0) is 88.0 Å². The lowest BCUT2D eigenvalue weighted by molar-refractivity contribution is 0.481. The lowest BCUT2D eigenvalue weighted by Gasteiger charge is -2.22. The zero-order chi connectivity index (χ0) is 43.3. The van der Waals surface area contributed by atoms with Crippen molar-refractivity contribution in [1.82, 2.24) is 0 Å². The topological polar surface area (TPSA) is 44.8 Å². The highest BCUT2D eigenvalue weighted by Gasteiger charge is 2.31. The first kappa shape index (κ1) is 38.5. The van der Waals surface area contributed by atoms with Crippen LogP contribution in [0.2, 0.25) is 0 Å². The Morgan fingerprint density at radius 1 is 0.262 bits per heavy atom. The normalized spacial score (nSPS) is 13.3. The van der Waals surface area contributed by atoms with E-state index in [1.54, 1.807) is 0 Å². The Labute approximate surface area is 378 Å². The maximum absolute atomic E-state index is 16.4. The van der Waals surface area contributed by atoms with E-state index >= 15 is 4.57 Å². The fourth-order valence-electron chi connectivity index (χ4n) is 9.18. The molecule has 0 spiro atoms. The van der Waals surface area contributed by atoms with Gasteiger partial charge in [0.15, 0.2) is 7.14 Å². The highest BCUT2D eigenvalue weighted by atomic mass is 31.2. The first-order valence-corrected chi connectivity index (χ1v) is 23.4. The Kier molecular flexibility index (Phi) is 9.40. The Morgan fingerprint density at radius 2 is 0.508 bits per heavy atom. The number of ether oxygens (including phenoxy) is 3. The quantitative estimate of drug-likeness (QED) is 0.156. The summed E-state index contributed by atoms with van der Waals surface area (Å²) in [7, 11) is -3.47. The molecule has 0 aliphatic carbocycles. The monoisotopic (exact) mass is 854 g/mol. The van der Waals surface area contributed by atoms with E-state index in [2.05, 4.69) is 91.0 Å². The van der Waals surface area contributed by atoms with Crippen molar-refractivity contribution in [3.8, 4) is 34.5 Å². The SMILES string of the molecule is O=P(c1ccc(C2=Cc3ccccc3Oc3ccccc32)cc1)(c1ccc(C2=Cc3ccccc3Oc3ccccc32)cc1)c1ccc(C2=Cc3ccccc3Oc3ccccc32)cc1. The molecule has 0 saturated heterocycles. The Bertz CT molecular complexity index is 3100. The molecule has 12 rings (SSSR count). The predicted octanol–water partition coefficient (Wildman–Crippen LogP) is 14.4. The van der Waals surface area contributed by atoms with Crippen LogP contribution in [0.25, 0.3) is 34.9 Å². The van der Waals surface area contributed by atoms with Gasteiger partial charge in [-0.15, -0.1) is 0 Å². The molecule has 308 valence electrons. The second kappa shape index (κ2) is 15.9. The summed E-state index contributed by atoms with van der Waals surface area (Å²) in [5, 5.41) is 2.22. The minimum Gasteiger partial charge on any atom is -0.456 e. The zero-order valence-corrected chi connectivity index (χ0v) is 36.0. The average Bonchev–Trinajstić information content (AvgIpc) is 3.73. The van der Waals surface area contributed by atoms with E-state index in [0.717, 1.165) is 117 Å². The van der Waals surface area contributed by atoms with E-state index in [-0.39, 0.29) is 0 Å². The molecular weight excluding hydrogens is 816 g/mol. The summed E-state index contributed by atoms with van der Waals surface area (Å²) in [5.74, 6) is 4.80. The van der Waals surface area contributed by atoms with Gasteiger partial charge in [-0.25, -0.2) is 0 Å². The van der Waals surface area contributed by atoms with Crippen LogP contribution in [0.5, 0.6) is 34.5 Å². The van der Waals surface area contributed by atoms with E-state index in [9.17, 15) is 0 Å². The summed E-state index contributed by atoms with van der Waals surface area (Å²) in [6.45, 7) is 0. The fourth-order valence-corrected chi connectivity index (χ4v) is 11.8. The number of benzene rings is 9. The minimum absolute atomic E-state index is 0.739. The average molecular weight is 855 g/mol. The van der Waals surface area contributed by atoms with Gasteiger partial charge in [0.25, 0.3) is 0 Å². The second-order valence-corrected chi connectivity index (χ2v) is 19.1. The van der Waals surface area contributed by atoms with Crippen LogP contribution >= 0.6 is 7.14 Å². The van der Waals surface area contributed by atoms with Crippen molar-refractivity contribution in [3.63, 3.8) is 0 Å². The largest absolute Gasteiger partial charge is 0.456 e.